The number of likely N-dealkylation sites (tertiary alicyclic amines) is 1. The van der Waals surface area contributed by atoms with Crippen LogP contribution in [0.1, 0.15) is 41.6 Å². The standard InChI is InChI=1S/C16H24N2O2/c17-10-9-13-5-7-14(8-6-13)16(20)18-11-1-3-15(18)4-2-12-19/h5-8,15,19H,1-4,9-12,17H2. The van der Waals surface area contributed by atoms with Crippen LogP contribution in [-0.2, 0) is 6.42 Å². The summed E-state index contributed by atoms with van der Waals surface area (Å²) in [6, 6.07) is 8.06. The number of rotatable bonds is 6. The molecule has 0 bridgehead atoms. The summed E-state index contributed by atoms with van der Waals surface area (Å²) in [6.45, 7) is 1.66. The Bertz CT molecular complexity index is 431. The minimum Gasteiger partial charge on any atom is -0.396 e. The highest BCUT2D eigenvalue weighted by Gasteiger charge is 2.28. The zero-order chi connectivity index (χ0) is 14.4. The lowest BCUT2D eigenvalue weighted by Crippen LogP contribution is -2.35. The van der Waals surface area contributed by atoms with E-state index in [1.807, 2.05) is 29.2 Å². The van der Waals surface area contributed by atoms with E-state index in [0.29, 0.717) is 12.6 Å². The van der Waals surface area contributed by atoms with Gasteiger partial charge in [0.25, 0.3) is 5.91 Å². The lowest BCUT2D eigenvalue weighted by molar-refractivity contribution is 0.0724. The van der Waals surface area contributed by atoms with Crippen molar-refractivity contribution < 1.29 is 9.90 Å². The molecule has 1 heterocycles. The molecule has 0 saturated carbocycles. The molecule has 0 aliphatic carbocycles. The molecule has 1 atom stereocenters. The van der Waals surface area contributed by atoms with Gasteiger partial charge in [-0.2, -0.15) is 0 Å². The number of amides is 1. The maximum Gasteiger partial charge on any atom is 0.254 e. The molecule has 1 unspecified atom stereocenters. The first-order valence-electron chi connectivity index (χ1n) is 7.47. The van der Waals surface area contributed by atoms with Gasteiger partial charge in [-0.25, -0.2) is 0 Å². The molecule has 1 aliphatic rings. The van der Waals surface area contributed by atoms with Crippen LogP contribution in [0.3, 0.4) is 0 Å². The fourth-order valence-electron chi connectivity index (χ4n) is 2.88. The molecule has 4 heteroatoms. The third-order valence-corrected chi connectivity index (χ3v) is 3.97. The third-order valence-electron chi connectivity index (χ3n) is 3.97. The highest BCUT2D eigenvalue weighted by Crippen LogP contribution is 2.23. The van der Waals surface area contributed by atoms with Crippen LogP contribution >= 0.6 is 0 Å². The number of hydrogen-bond acceptors (Lipinski definition) is 3. The van der Waals surface area contributed by atoms with Crippen LogP contribution in [0.15, 0.2) is 24.3 Å². The molecule has 0 radical (unpaired) electrons. The van der Waals surface area contributed by atoms with Crippen molar-refractivity contribution in [3.8, 4) is 0 Å². The lowest BCUT2D eigenvalue weighted by Gasteiger charge is -2.24. The number of carbonyl (C=O) groups is 1. The number of nitrogens with two attached hydrogens (primary N) is 1. The summed E-state index contributed by atoms with van der Waals surface area (Å²) in [6.07, 6.45) is 4.62. The SMILES string of the molecule is NCCc1ccc(C(=O)N2CCCC2CCCO)cc1. The van der Waals surface area contributed by atoms with E-state index in [4.69, 9.17) is 10.8 Å². The van der Waals surface area contributed by atoms with Crippen molar-refractivity contribution in [3.05, 3.63) is 35.4 Å². The third kappa shape index (κ3) is 3.58. The Morgan fingerprint density at radius 2 is 2.10 bits per heavy atom. The second-order valence-corrected chi connectivity index (χ2v) is 5.40. The molecular formula is C16H24N2O2. The molecule has 1 amide bonds. The van der Waals surface area contributed by atoms with Crippen LogP contribution in [0.5, 0.6) is 0 Å². The van der Waals surface area contributed by atoms with Crippen molar-refractivity contribution in [2.75, 3.05) is 19.7 Å². The normalized spacial score (nSPS) is 18.5. The summed E-state index contributed by atoms with van der Waals surface area (Å²) in [5, 5.41) is 8.94. The molecule has 4 nitrogen and oxygen atoms in total. The van der Waals surface area contributed by atoms with Gasteiger partial charge in [0.2, 0.25) is 0 Å². The van der Waals surface area contributed by atoms with E-state index in [-0.39, 0.29) is 12.5 Å². The Morgan fingerprint density at radius 1 is 1.35 bits per heavy atom. The topological polar surface area (TPSA) is 66.6 Å². The first-order valence-corrected chi connectivity index (χ1v) is 7.47. The predicted octanol–water partition coefficient (Wildman–Crippen LogP) is 1.56. The van der Waals surface area contributed by atoms with Crippen molar-refractivity contribution >= 4 is 5.91 Å². The van der Waals surface area contributed by atoms with E-state index >= 15 is 0 Å². The van der Waals surface area contributed by atoms with Crippen molar-refractivity contribution in [1.82, 2.24) is 4.90 Å². The minimum absolute atomic E-state index is 0.115. The number of nitrogens with zero attached hydrogens (tertiary/aromatic N) is 1. The second kappa shape index (κ2) is 7.41. The Balaban J connectivity index is 2.02. The van der Waals surface area contributed by atoms with E-state index in [9.17, 15) is 4.79 Å². The molecule has 1 aromatic carbocycles. The number of aliphatic hydroxyl groups is 1. The van der Waals surface area contributed by atoms with E-state index < -0.39 is 0 Å². The zero-order valence-corrected chi connectivity index (χ0v) is 11.9. The molecule has 20 heavy (non-hydrogen) atoms. The van der Waals surface area contributed by atoms with Crippen LogP contribution in [-0.4, -0.2) is 41.7 Å². The lowest BCUT2D eigenvalue weighted by atomic mass is 10.1. The van der Waals surface area contributed by atoms with Crippen LogP contribution in [0.2, 0.25) is 0 Å². The monoisotopic (exact) mass is 276 g/mol. The largest absolute Gasteiger partial charge is 0.396 e. The predicted molar refractivity (Wildman–Crippen MR) is 79.6 cm³/mol. The van der Waals surface area contributed by atoms with Gasteiger partial charge in [0.15, 0.2) is 0 Å². The van der Waals surface area contributed by atoms with Gasteiger partial charge >= 0.3 is 0 Å². The highest BCUT2D eigenvalue weighted by molar-refractivity contribution is 5.94. The summed E-state index contributed by atoms with van der Waals surface area (Å²) < 4.78 is 0. The van der Waals surface area contributed by atoms with Crippen LogP contribution in [0.25, 0.3) is 0 Å². The molecule has 3 N–H and O–H groups in total. The Morgan fingerprint density at radius 3 is 2.75 bits per heavy atom. The average Bonchev–Trinajstić information content (AvgIpc) is 2.94. The maximum atomic E-state index is 12.5. The first-order chi connectivity index (χ1) is 9.76. The zero-order valence-electron chi connectivity index (χ0n) is 11.9. The van der Waals surface area contributed by atoms with Gasteiger partial charge in [0.1, 0.15) is 0 Å². The van der Waals surface area contributed by atoms with Gasteiger partial charge in [0.05, 0.1) is 0 Å². The van der Waals surface area contributed by atoms with Crippen LogP contribution in [0, 0.1) is 0 Å². The molecule has 1 aromatic rings. The van der Waals surface area contributed by atoms with Crippen molar-refractivity contribution in [1.29, 1.82) is 0 Å². The number of hydrogen-bond donors (Lipinski definition) is 2. The first kappa shape index (κ1) is 15.0. The van der Waals surface area contributed by atoms with Gasteiger partial charge < -0.3 is 15.7 Å². The fourth-order valence-corrected chi connectivity index (χ4v) is 2.88. The fraction of sp³-hybridized carbons (Fsp3) is 0.562. The van der Waals surface area contributed by atoms with E-state index in [2.05, 4.69) is 0 Å². The molecule has 1 saturated heterocycles. The van der Waals surface area contributed by atoms with Gasteiger partial charge in [-0.1, -0.05) is 12.1 Å². The molecule has 2 rings (SSSR count). The highest BCUT2D eigenvalue weighted by atomic mass is 16.3. The Kier molecular flexibility index (Phi) is 5.56. The van der Waals surface area contributed by atoms with Gasteiger partial charge in [-0.05, 0) is 56.3 Å². The molecule has 1 fully saturated rings. The van der Waals surface area contributed by atoms with Crippen molar-refractivity contribution in [2.24, 2.45) is 5.73 Å². The minimum atomic E-state index is 0.115. The van der Waals surface area contributed by atoms with Crippen molar-refractivity contribution in [3.63, 3.8) is 0 Å². The summed E-state index contributed by atoms with van der Waals surface area (Å²) in [4.78, 5) is 14.5. The summed E-state index contributed by atoms with van der Waals surface area (Å²) in [5.74, 6) is 0.115. The molecule has 0 spiro atoms. The molecule has 0 aromatic heterocycles. The number of benzene rings is 1. The Hall–Kier alpha value is -1.39. The number of carbonyl (C=O) groups excluding carboxylic acids is 1. The maximum absolute atomic E-state index is 12.5. The summed E-state index contributed by atoms with van der Waals surface area (Å²) in [5.41, 5.74) is 7.45. The summed E-state index contributed by atoms with van der Waals surface area (Å²) >= 11 is 0. The van der Waals surface area contributed by atoms with E-state index in [1.165, 1.54) is 5.56 Å². The summed E-state index contributed by atoms with van der Waals surface area (Å²) in [7, 11) is 0. The van der Waals surface area contributed by atoms with Crippen molar-refractivity contribution in [2.45, 2.75) is 38.1 Å². The quantitative estimate of drug-likeness (QED) is 0.828. The second-order valence-electron chi connectivity index (χ2n) is 5.40. The van der Waals surface area contributed by atoms with Crippen LogP contribution < -0.4 is 5.73 Å². The van der Waals surface area contributed by atoms with E-state index in [1.54, 1.807) is 0 Å². The molecule has 110 valence electrons. The van der Waals surface area contributed by atoms with E-state index in [0.717, 1.165) is 44.2 Å². The van der Waals surface area contributed by atoms with Gasteiger partial charge in [0, 0.05) is 24.8 Å². The molecular weight excluding hydrogens is 252 g/mol. The number of aliphatic hydroxyl groups excluding tert-OH is 1. The Labute approximate surface area is 120 Å². The van der Waals surface area contributed by atoms with Crippen LogP contribution in [0.4, 0.5) is 0 Å². The smallest absolute Gasteiger partial charge is 0.254 e. The van der Waals surface area contributed by atoms with Gasteiger partial charge in [-0.3, -0.25) is 4.79 Å². The molecule has 1 aliphatic heterocycles. The van der Waals surface area contributed by atoms with Gasteiger partial charge in [-0.15, -0.1) is 0 Å². The average molecular weight is 276 g/mol.